The van der Waals surface area contributed by atoms with E-state index in [1.54, 1.807) is 29.8 Å². The Morgan fingerprint density at radius 3 is 2.95 bits per heavy atom. The molecule has 1 amide bonds. The molecule has 0 spiro atoms. The van der Waals surface area contributed by atoms with E-state index in [4.69, 9.17) is 16.3 Å². The van der Waals surface area contributed by atoms with Crippen molar-refractivity contribution in [3.05, 3.63) is 29.3 Å². The number of nitrogens with one attached hydrogen (secondary N) is 1. The zero-order chi connectivity index (χ0) is 13.7. The number of benzene rings is 1. The lowest BCUT2D eigenvalue weighted by Crippen LogP contribution is -2.44. The third-order valence-electron chi connectivity index (χ3n) is 2.91. The number of ether oxygens (including phenoxy) is 1. The summed E-state index contributed by atoms with van der Waals surface area (Å²) in [6.07, 6.45) is 0. The Morgan fingerprint density at radius 2 is 2.30 bits per heavy atom. The molecule has 0 aliphatic carbocycles. The third kappa shape index (κ3) is 4.74. The van der Waals surface area contributed by atoms with Gasteiger partial charge >= 0.3 is 0 Å². The number of thioether (sulfide) groups is 1. The summed E-state index contributed by atoms with van der Waals surface area (Å²) in [6.45, 7) is 0.985. The van der Waals surface area contributed by atoms with Gasteiger partial charge in [0.15, 0.2) is 0 Å². The monoisotopic (exact) mass is 336 g/mol. The van der Waals surface area contributed by atoms with E-state index in [-0.39, 0.29) is 24.4 Å². The third-order valence-corrected chi connectivity index (χ3v) is 4.16. The Morgan fingerprint density at radius 1 is 1.55 bits per heavy atom. The molecule has 4 nitrogen and oxygen atoms in total. The van der Waals surface area contributed by atoms with Gasteiger partial charge in [-0.2, -0.15) is 0 Å². The van der Waals surface area contributed by atoms with Gasteiger partial charge in [0.25, 0.3) is 0 Å². The average molecular weight is 337 g/mol. The van der Waals surface area contributed by atoms with Crippen LogP contribution in [0.15, 0.2) is 24.3 Å². The Kier molecular flexibility index (Phi) is 7.51. The Balaban J connectivity index is 0.00000200. The normalized spacial score (nSPS) is 17.4. The van der Waals surface area contributed by atoms with Gasteiger partial charge in [-0.1, -0.05) is 23.7 Å². The van der Waals surface area contributed by atoms with E-state index in [1.165, 1.54) is 0 Å². The fraction of sp³-hybridized carbons (Fsp3) is 0.462. The first-order chi connectivity index (χ1) is 9.18. The van der Waals surface area contributed by atoms with Crippen LogP contribution in [0.2, 0.25) is 5.02 Å². The molecule has 112 valence electrons. The molecule has 1 unspecified atom stereocenters. The van der Waals surface area contributed by atoms with Crippen LogP contribution in [0.4, 0.5) is 0 Å². The molecule has 1 saturated heterocycles. The van der Waals surface area contributed by atoms with E-state index in [0.717, 1.165) is 11.6 Å². The molecule has 1 fully saturated rings. The predicted molar refractivity (Wildman–Crippen MR) is 86.1 cm³/mol. The summed E-state index contributed by atoms with van der Waals surface area (Å²) in [6, 6.07) is 7.27. The number of likely N-dealkylation sites (N-methyl/N-ethyl adjacent to an activating group) is 1. The first-order valence-electron chi connectivity index (χ1n) is 6.12. The van der Waals surface area contributed by atoms with Crippen molar-refractivity contribution in [3.8, 4) is 5.75 Å². The summed E-state index contributed by atoms with van der Waals surface area (Å²) in [5, 5.41) is 3.75. The van der Waals surface area contributed by atoms with Gasteiger partial charge in [0.05, 0.1) is 17.6 Å². The van der Waals surface area contributed by atoms with Gasteiger partial charge in [0.1, 0.15) is 12.4 Å². The van der Waals surface area contributed by atoms with Crippen molar-refractivity contribution < 1.29 is 9.53 Å². The second kappa shape index (κ2) is 8.62. The minimum Gasteiger partial charge on any atom is -0.490 e. The molecule has 7 heteroatoms. The second-order valence-electron chi connectivity index (χ2n) is 4.31. The molecule has 1 atom stereocenters. The Labute approximate surface area is 134 Å². The number of rotatable bonds is 5. The standard InChI is InChI=1S/C13H17ClN2O2S.ClH/c1-16(13(17)11-8-19-9-15-11)6-7-18-12-5-3-2-4-10(12)14;/h2-5,11,15H,6-9H2,1H3;1H. The van der Waals surface area contributed by atoms with Crippen molar-refractivity contribution in [1.29, 1.82) is 0 Å². The van der Waals surface area contributed by atoms with Crippen molar-refractivity contribution in [2.24, 2.45) is 0 Å². The number of amides is 1. The fourth-order valence-corrected chi connectivity index (χ4v) is 2.91. The largest absolute Gasteiger partial charge is 0.490 e. The van der Waals surface area contributed by atoms with Gasteiger partial charge in [-0.15, -0.1) is 24.2 Å². The van der Waals surface area contributed by atoms with Crippen LogP contribution in [-0.2, 0) is 4.79 Å². The highest BCUT2D eigenvalue weighted by atomic mass is 35.5. The maximum absolute atomic E-state index is 12.0. The van der Waals surface area contributed by atoms with E-state index >= 15 is 0 Å². The summed E-state index contributed by atoms with van der Waals surface area (Å²) in [4.78, 5) is 13.7. The molecular formula is C13H18Cl2N2O2S. The van der Waals surface area contributed by atoms with E-state index in [2.05, 4.69) is 5.32 Å². The van der Waals surface area contributed by atoms with Crippen LogP contribution in [0.1, 0.15) is 0 Å². The van der Waals surface area contributed by atoms with Crippen molar-refractivity contribution in [1.82, 2.24) is 10.2 Å². The minimum absolute atomic E-state index is 0. The first-order valence-corrected chi connectivity index (χ1v) is 7.65. The average Bonchev–Trinajstić information content (AvgIpc) is 2.94. The molecule has 0 saturated carbocycles. The fourth-order valence-electron chi connectivity index (χ4n) is 1.78. The van der Waals surface area contributed by atoms with E-state index in [1.807, 2.05) is 18.2 Å². The van der Waals surface area contributed by atoms with Crippen LogP contribution < -0.4 is 10.1 Å². The molecule has 1 aromatic rings. The first kappa shape index (κ1) is 17.4. The SMILES string of the molecule is CN(CCOc1ccccc1Cl)C(=O)C1CSCN1.Cl. The lowest BCUT2D eigenvalue weighted by molar-refractivity contribution is -0.131. The van der Waals surface area contributed by atoms with E-state index in [0.29, 0.717) is 23.9 Å². The molecule has 2 rings (SSSR count). The molecule has 1 heterocycles. The zero-order valence-electron chi connectivity index (χ0n) is 11.2. The Bertz CT molecular complexity index is 442. The van der Waals surface area contributed by atoms with Gasteiger partial charge in [-0.3, -0.25) is 10.1 Å². The quantitative estimate of drug-likeness (QED) is 0.895. The minimum atomic E-state index is -0.0599. The molecule has 0 bridgehead atoms. The zero-order valence-corrected chi connectivity index (χ0v) is 13.6. The van der Waals surface area contributed by atoms with Crippen LogP contribution in [0.25, 0.3) is 0 Å². The van der Waals surface area contributed by atoms with Crippen LogP contribution in [-0.4, -0.2) is 48.7 Å². The molecular weight excluding hydrogens is 319 g/mol. The Hall–Kier alpha value is -0.620. The van der Waals surface area contributed by atoms with Gasteiger partial charge in [0, 0.05) is 18.7 Å². The number of hydrogen-bond donors (Lipinski definition) is 1. The molecule has 1 aromatic carbocycles. The topological polar surface area (TPSA) is 41.6 Å². The highest BCUT2D eigenvalue weighted by molar-refractivity contribution is 7.99. The second-order valence-corrected chi connectivity index (χ2v) is 5.75. The summed E-state index contributed by atoms with van der Waals surface area (Å²) < 4.78 is 5.57. The summed E-state index contributed by atoms with van der Waals surface area (Å²) in [7, 11) is 1.79. The smallest absolute Gasteiger partial charge is 0.240 e. The van der Waals surface area contributed by atoms with Crippen molar-refractivity contribution in [2.45, 2.75) is 6.04 Å². The molecule has 20 heavy (non-hydrogen) atoms. The number of carbonyl (C=O) groups excluding carboxylic acids is 1. The van der Waals surface area contributed by atoms with Gasteiger partial charge in [-0.05, 0) is 12.1 Å². The predicted octanol–water partition coefficient (Wildman–Crippen LogP) is 2.26. The van der Waals surface area contributed by atoms with Crippen LogP contribution >= 0.6 is 35.8 Å². The van der Waals surface area contributed by atoms with Gasteiger partial charge < -0.3 is 9.64 Å². The van der Waals surface area contributed by atoms with E-state index in [9.17, 15) is 4.79 Å². The van der Waals surface area contributed by atoms with Crippen LogP contribution in [0.5, 0.6) is 5.75 Å². The summed E-state index contributed by atoms with van der Waals surface area (Å²) in [5.41, 5.74) is 0. The van der Waals surface area contributed by atoms with Crippen LogP contribution in [0.3, 0.4) is 0 Å². The molecule has 0 radical (unpaired) electrons. The lowest BCUT2D eigenvalue weighted by atomic mass is 10.3. The van der Waals surface area contributed by atoms with Gasteiger partial charge in [-0.25, -0.2) is 0 Å². The molecule has 1 aliphatic heterocycles. The highest BCUT2D eigenvalue weighted by Gasteiger charge is 2.25. The van der Waals surface area contributed by atoms with E-state index < -0.39 is 0 Å². The summed E-state index contributed by atoms with van der Waals surface area (Å²) in [5.74, 6) is 2.46. The highest BCUT2D eigenvalue weighted by Crippen LogP contribution is 2.22. The van der Waals surface area contributed by atoms with Crippen LogP contribution in [0, 0.1) is 0 Å². The number of carbonyl (C=O) groups is 1. The molecule has 1 N–H and O–H groups in total. The molecule has 1 aliphatic rings. The number of hydrogen-bond acceptors (Lipinski definition) is 4. The van der Waals surface area contributed by atoms with Crippen molar-refractivity contribution >= 4 is 41.7 Å². The summed E-state index contributed by atoms with van der Waals surface area (Å²) >= 11 is 7.73. The van der Waals surface area contributed by atoms with Crippen molar-refractivity contribution in [2.75, 3.05) is 31.8 Å². The maximum atomic E-state index is 12.0. The number of halogens is 2. The maximum Gasteiger partial charge on any atom is 0.240 e. The number of para-hydroxylation sites is 1. The molecule has 0 aromatic heterocycles. The lowest BCUT2D eigenvalue weighted by Gasteiger charge is -2.21. The van der Waals surface area contributed by atoms with Gasteiger partial charge in [0.2, 0.25) is 5.91 Å². The van der Waals surface area contributed by atoms with Crippen molar-refractivity contribution in [3.63, 3.8) is 0 Å². The number of nitrogens with zero attached hydrogens (tertiary/aromatic N) is 1.